The first-order valence-corrected chi connectivity index (χ1v) is 4.08. The van der Waals surface area contributed by atoms with Crippen LogP contribution >= 0.6 is 0 Å². The van der Waals surface area contributed by atoms with Crippen molar-refractivity contribution in [3.63, 3.8) is 0 Å². The predicted molar refractivity (Wildman–Crippen MR) is 44.2 cm³/mol. The molecule has 0 aromatic rings. The molecule has 0 heterocycles. The number of nitrogens with two attached hydrogens (primary N) is 2. The summed E-state index contributed by atoms with van der Waals surface area (Å²) in [6.07, 6.45) is -8.93. The lowest BCUT2D eigenvalue weighted by atomic mass is 9.84. The summed E-state index contributed by atoms with van der Waals surface area (Å²) in [5.41, 5.74) is 5.31. The van der Waals surface area contributed by atoms with Crippen molar-refractivity contribution in [1.82, 2.24) is 0 Å². The molecule has 1 aliphatic rings. The van der Waals surface area contributed by atoms with Gasteiger partial charge in [0.15, 0.2) is 5.54 Å². The van der Waals surface area contributed by atoms with Gasteiger partial charge in [0.1, 0.15) is 0 Å². The van der Waals surface area contributed by atoms with Crippen molar-refractivity contribution in [2.24, 2.45) is 11.5 Å². The molecule has 4 N–H and O–H groups in total. The predicted octanol–water partition coefficient (Wildman–Crippen LogP) is 1.63. The third-order valence-corrected chi connectivity index (χ3v) is 2.25. The average molecular weight is 246 g/mol. The summed E-state index contributed by atoms with van der Waals surface area (Å²) < 4.78 is 74.1. The second-order valence-electron chi connectivity index (χ2n) is 3.41. The maximum atomic E-state index is 12.5. The number of halogens is 6. The summed E-state index contributed by atoms with van der Waals surface area (Å²) in [4.78, 5) is 0. The van der Waals surface area contributed by atoms with Gasteiger partial charge < -0.3 is 11.5 Å². The highest BCUT2D eigenvalue weighted by Crippen LogP contribution is 2.39. The molecule has 0 aromatic heterocycles. The lowest BCUT2D eigenvalue weighted by molar-refractivity contribution is -0.175. The zero-order valence-electron chi connectivity index (χ0n) is 7.73. The summed E-state index contributed by atoms with van der Waals surface area (Å²) in [5, 5.41) is 0. The van der Waals surface area contributed by atoms with Gasteiger partial charge in [0.2, 0.25) is 0 Å². The average Bonchev–Trinajstić information content (AvgIpc) is 2.06. The van der Waals surface area contributed by atoms with Gasteiger partial charge in [-0.3, -0.25) is 0 Å². The van der Waals surface area contributed by atoms with Gasteiger partial charge >= 0.3 is 12.4 Å². The van der Waals surface area contributed by atoms with Gasteiger partial charge in [-0.05, 0) is 6.08 Å². The highest BCUT2D eigenvalue weighted by atomic mass is 19.4. The van der Waals surface area contributed by atoms with E-state index >= 15 is 0 Å². The van der Waals surface area contributed by atoms with E-state index in [9.17, 15) is 26.3 Å². The number of rotatable bonds is 0. The van der Waals surface area contributed by atoms with E-state index in [0.29, 0.717) is 12.2 Å². The van der Waals surface area contributed by atoms with Crippen LogP contribution in [-0.4, -0.2) is 23.9 Å². The number of allylic oxidation sites excluding steroid dienone is 2. The van der Waals surface area contributed by atoms with Crippen molar-refractivity contribution in [3.8, 4) is 0 Å². The largest absolute Gasteiger partial charge is 0.416 e. The molecule has 0 spiro atoms. The van der Waals surface area contributed by atoms with Crippen LogP contribution in [0.3, 0.4) is 0 Å². The Morgan fingerprint density at radius 1 is 1.12 bits per heavy atom. The summed E-state index contributed by atoms with van der Waals surface area (Å²) in [6.45, 7) is 0. The van der Waals surface area contributed by atoms with E-state index in [0.717, 1.165) is 0 Å². The Hall–Kier alpha value is -1.02. The van der Waals surface area contributed by atoms with Gasteiger partial charge in [0.25, 0.3) is 0 Å². The van der Waals surface area contributed by atoms with Gasteiger partial charge in [0, 0.05) is 0 Å². The topological polar surface area (TPSA) is 52.0 Å². The molecular weight excluding hydrogens is 238 g/mol. The molecule has 0 aliphatic heterocycles. The minimum Gasteiger partial charge on any atom is -0.322 e. The van der Waals surface area contributed by atoms with Crippen LogP contribution in [0.15, 0.2) is 23.8 Å². The number of hydrogen-bond donors (Lipinski definition) is 2. The second-order valence-corrected chi connectivity index (χ2v) is 3.41. The third kappa shape index (κ3) is 2.07. The Morgan fingerprint density at radius 2 is 1.62 bits per heavy atom. The lowest BCUT2D eigenvalue weighted by Gasteiger charge is -2.35. The fraction of sp³-hybridized carbons (Fsp3) is 0.500. The van der Waals surface area contributed by atoms with Crippen LogP contribution in [0.2, 0.25) is 0 Å². The van der Waals surface area contributed by atoms with Crippen LogP contribution in [0.5, 0.6) is 0 Å². The number of alkyl halides is 6. The van der Waals surface area contributed by atoms with Crippen molar-refractivity contribution in [2.45, 2.75) is 23.9 Å². The van der Waals surface area contributed by atoms with Crippen LogP contribution < -0.4 is 11.5 Å². The van der Waals surface area contributed by atoms with E-state index in [2.05, 4.69) is 0 Å². The minimum atomic E-state index is -5.05. The van der Waals surface area contributed by atoms with E-state index in [1.165, 1.54) is 0 Å². The second kappa shape index (κ2) is 3.49. The molecule has 92 valence electrons. The first-order chi connectivity index (χ1) is 6.98. The molecule has 0 amide bonds. The quantitative estimate of drug-likeness (QED) is 0.638. The van der Waals surface area contributed by atoms with Gasteiger partial charge in [0.05, 0.1) is 11.6 Å². The lowest BCUT2D eigenvalue weighted by Crippen LogP contribution is -2.64. The molecule has 1 aliphatic carbocycles. The van der Waals surface area contributed by atoms with Crippen LogP contribution in [0.1, 0.15) is 0 Å². The summed E-state index contributed by atoms with van der Waals surface area (Å²) in [5.74, 6) is 0. The first-order valence-electron chi connectivity index (χ1n) is 4.08. The Bertz CT molecular complexity index is 339. The molecule has 0 aromatic carbocycles. The van der Waals surface area contributed by atoms with Crippen molar-refractivity contribution in [2.75, 3.05) is 0 Å². The Balaban J connectivity index is 3.22. The van der Waals surface area contributed by atoms with Crippen LogP contribution in [0.4, 0.5) is 26.3 Å². The fourth-order valence-corrected chi connectivity index (χ4v) is 1.22. The van der Waals surface area contributed by atoms with Crippen molar-refractivity contribution >= 4 is 0 Å². The Kier molecular flexibility index (Phi) is 2.85. The molecule has 0 saturated heterocycles. The minimum absolute atomic E-state index is 0.0856. The van der Waals surface area contributed by atoms with Gasteiger partial charge in [-0.2, -0.15) is 26.3 Å². The van der Waals surface area contributed by atoms with Gasteiger partial charge in [-0.1, -0.05) is 12.2 Å². The molecular formula is C8H8F6N2. The summed E-state index contributed by atoms with van der Waals surface area (Å²) >= 11 is 0. The number of hydrogen-bond acceptors (Lipinski definition) is 2. The molecule has 2 atom stereocenters. The zero-order valence-corrected chi connectivity index (χ0v) is 7.73. The van der Waals surface area contributed by atoms with Crippen LogP contribution in [0, 0.1) is 0 Å². The van der Waals surface area contributed by atoms with Gasteiger partial charge in [-0.25, -0.2) is 0 Å². The normalized spacial score (nSPS) is 31.5. The maximum absolute atomic E-state index is 12.5. The molecule has 0 saturated carbocycles. The SMILES string of the molecule is NC1C=CC(C(F)(F)F)=CC1(N)C(F)(F)F. The monoisotopic (exact) mass is 246 g/mol. The van der Waals surface area contributed by atoms with E-state index in [4.69, 9.17) is 11.5 Å². The van der Waals surface area contributed by atoms with Crippen LogP contribution in [-0.2, 0) is 0 Å². The molecule has 16 heavy (non-hydrogen) atoms. The zero-order chi connectivity index (χ0) is 12.8. The Morgan fingerprint density at radius 3 is 2.00 bits per heavy atom. The maximum Gasteiger partial charge on any atom is 0.416 e. The third-order valence-electron chi connectivity index (χ3n) is 2.25. The van der Waals surface area contributed by atoms with E-state index in [1.807, 2.05) is 0 Å². The molecule has 8 heteroatoms. The molecule has 0 bridgehead atoms. The van der Waals surface area contributed by atoms with Gasteiger partial charge in [-0.15, -0.1) is 0 Å². The molecule has 2 unspecified atom stereocenters. The molecule has 1 rings (SSSR count). The fourth-order valence-electron chi connectivity index (χ4n) is 1.22. The molecule has 0 fully saturated rings. The summed E-state index contributed by atoms with van der Waals surface area (Å²) in [6, 6.07) is -1.74. The van der Waals surface area contributed by atoms with Crippen molar-refractivity contribution in [3.05, 3.63) is 23.8 Å². The Labute approximate surface area is 86.6 Å². The highest BCUT2D eigenvalue weighted by molar-refractivity contribution is 5.38. The molecule has 2 nitrogen and oxygen atoms in total. The van der Waals surface area contributed by atoms with Crippen LogP contribution in [0.25, 0.3) is 0 Å². The van der Waals surface area contributed by atoms with E-state index in [-0.39, 0.29) is 6.08 Å². The van der Waals surface area contributed by atoms with E-state index < -0.39 is 29.5 Å². The van der Waals surface area contributed by atoms with Crippen molar-refractivity contribution in [1.29, 1.82) is 0 Å². The molecule has 0 radical (unpaired) electrons. The summed E-state index contributed by atoms with van der Waals surface area (Å²) in [7, 11) is 0. The highest BCUT2D eigenvalue weighted by Gasteiger charge is 2.56. The van der Waals surface area contributed by atoms with Crippen molar-refractivity contribution < 1.29 is 26.3 Å². The first kappa shape index (κ1) is 13.0. The standard InChI is InChI=1S/C8H8F6N2/c9-7(10,11)4-1-2-5(15)6(16,3-4)8(12,13)14/h1-3,5H,15-16H2. The smallest absolute Gasteiger partial charge is 0.322 e. The van der Waals surface area contributed by atoms with E-state index in [1.54, 1.807) is 0 Å².